The molecule has 6 heteroatoms. The molecule has 2 amide bonds. The van der Waals surface area contributed by atoms with Gasteiger partial charge in [0.25, 0.3) is 0 Å². The Labute approximate surface area is 199 Å². The molecule has 2 aliphatic rings. The summed E-state index contributed by atoms with van der Waals surface area (Å²) in [4.78, 5) is 27.6. The van der Waals surface area contributed by atoms with Crippen LogP contribution in [0.5, 0.6) is 0 Å². The van der Waals surface area contributed by atoms with Crippen LogP contribution in [-0.2, 0) is 22.7 Å². The molecule has 1 atom stereocenters. The molecular formula is C28H28FN3O2. The summed E-state index contributed by atoms with van der Waals surface area (Å²) in [6, 6.07) is 20.8. The summed E-state index contributed by atoms with van der Waals surface area (Å²) in [6.07, 6.45) is 2.61. The van der Waals surface area contributed by atoms with Gasteiger partial charge in [0.05, 0.1) is 5.92 Å². The zero-order valence-electron chi connectivity index (χ0n) is 19.0. The fraction of sp³-hybridized carbons (Fsp3) is 0.286. The monoisotopic (exact) mass is 457 g/mol. The first-order chi connectivity index (χ1) is 16.6. The van der Waals surface area contributed by atoms with Crippen molar-refractivity contribution in [2.75, 3.05) is 18.4 Å². The highest BCUT2D eigenvalue weighted by molar-refractivity contribution is 6.01. The van der Waals surface area contributed by atoms with Crippen molar-refractivity contribution in [1.29, 1.82) is 0 Å². The lowest BCUT2D eigenvalue weighted by Gasteiger charge is -2.25. The molecule has 0 radical (unpaired) electrons. The Balaban J connectivity index is 1.29. The standard InChI is InChI=1S/C28H28FN3O2/c29-22-11-12-24-25(16-27(33)31-26(24)15-22)28(34)30-17-21-5-1-2-6-23(21)20-9-7-19(8-10-20)18-32-13-3-4-14-32/h1-2,5-12,15,25H,3-4,13-14,16-18H2,(H,30,34)(H,31,33). The van der Waals surface area contributed by atoms with Crippen molar-refractivity contribution in [1.82, 2.24) is 10.2 Å². The molecule has 1 fully saturated rings. The van der Waals surface area contributed by atoms with E-state index < -0.39 is 11.7 Å². The lowest BCUT2D eigenvalue weighted by Crippen LogP contribution is -2.34. The van der Waals surface area contributed by atoms with Gasteiger partial charge in [-0.25, -0.2) is 4.39 Å². The summed E-state index contributed by atoms with van der Waals surface area (Å²) in [5, 5.41) is 5.65. The fourth-order valence-electron chi connectivity index (χ4n) is 4.92. The number of amides is 2. The van der Waals surface area contributed by atoms with Crippen LogP contribution in [0.3, 0.4) is 0 Å². The molecule has 0 aromatic heterocycles. The second-order valence-corrected chi connectivity index (χ2v) is 9.09. The van der Waals surface area contributed by atoms with E-state index in [9.17, 15) is 14.0 Å². The molecule has 2 aliphatic heterocycles. The van der Waals surface area contributed by atoms with Gasteiger partial charge in [0, 0.05) is 25.2 Å². The number of carbonyl (C=O) groups excluding carboxylic acids is 2. The molecule has 1 saturated heterocycles. The number of fused-ring (bicyclic) bond motifs is 1. The highest BCUT2D eigenvalue weighted by Crippen LogP contribution is 2.33. The van der Waals surface area contributed by atoms with Crippen LogP contribution in [0.2, 0.25) is 0 Å². The Morgan fingerprint density at radius 3 is 2.59 bits per heavy atom. The van der Waals surface area contributed by atoms with E-state index in [1.54, 1.807) is 6.07 Å². The van der Waals surface area contributed by atoms with Gasteiger partial charge in [0.1, 0.15) is 5.82 Å². The average Bonchev–Trinajstić information content (AvgIpc) is 3.35. The van der Waals surface area contributed by atoms with Crippen LogP contribution in [0, 0.1) is 5.82 Å². The Hall–Kier alpha value is -3.51. The number of carbonyl (C=O) groups is 2. The summed E-state index contributed by atoms with van der Waals surface area (Å²) in [5.41, 5.74) is 5.49. The summed E-state index contributed by atoms with van der Waals surface area (Å²) in [5.74, 6) is -1.60. The molecule has 3 aromatic rings. The highest BCUT2D eigenvalue weighted by Gasteiger charge is 2.30. The Bertz CT molecular complexity index is 1200. The summed E-state index contributed by atoms with van der Waals surface area (Å²) < 4.78 is 13.6. The van der Waals surface area contributed by atoms with Crippen LogP contribution >= 0.6 is 0 Å². The van der Waals surface area contributed by atoms with Gasteiger partial charge in [-0.3, -0.25) is 14.5 Å². The Morgan fingerprint density at radius 2 is 1.79 bits per heavy atom. The van der Waals surface area contributed by atoms with Gasteiger partial charge in [-0.15, -0.1) is 0 Å². The zero-order valence-corrected chi connectivity index (χ0v) is 19.0. The quantitative estimate of drug-likeness (QED) is 0.557. The van der Waals surface area contributed by atoms with E-state index in [0.717, 1.165) is 23.2 Å². The molecule has 0 saturated carbocycles. The van der Waals surface area contributed by atoms with Crippen molar-refractivity contribution in [2.24, 2.45) is 0 Å². The minimum atomic E-state index is -0.638. The molecule has 1 unspecified atom stereocenters. The van der Waals surface area contributed by atoms with Gasteiger partial charge < -0.3 is 10.6 Å². The molecule has 0 spiro atoms. The van der Waals surface area contributed by atoms with Gasteiger partial charge in [-0.05, 0) is 65.9 Å². The zero-order chi connectivity index (χ0) is 23.5. The van der Waals surface area contributed by atoms with E-state index in [-0.39, 0.29) is 18.2 Å². The van der Waals surface area contributed by atoms with Crippen molar-refractivity contribution >= 4 is 17.5 Å². The minimum absolute atomic E-state index is 0.0462. The van der Waals surface area contributed by atoms with Gasteiger partial charge in [0.15, 0.2) is 0 Å². The number of hydrogen-bond acceptors (Lipinski definition) is 3. The molecule has 5 nitrogen and oxygen atoms in total. The summed E-state index contributed by atoms with van der Waals surface area (Å²) >= 11 is 0. The number of anilines is 1. The predicted octanol–water partition coefficient (Wildman–Crippen LogP) is 4.83. The van der Waals surface area contributed by atoms with Crippen LogP contribution < -0.4 is 10.6 Å². The van der Waals surface area contributed by atoms with Gasteiger partial charge in [0.2, 0.25) is 11.8 Å². The van der Waals surface area contributed by atoms with Gasteiger partial charge in [-0.1, -0.05) is 54.6 Å². The maximum atomic E-state index is 13.6. The van der Waals surface area contributed by atoms with E-state index in [4.69, 9.17) is 0 Å². The topological polar surface area (TPSA) is 61.4 Å². The van der Waals surface area contributed by atoms with Crippen molar-refractivity contribution in [3.8, 4) is 11.1 Å². The van der Waals surface area contributed by atoms with Gasteiger partial charge in [-0.2, -0.15) is 0 Å². The molecule has 34 heavy (non-hydrogen) atoms. The molecule has 5 rings (SSSR count). The lowest BCUT2D eigenvalue weighted by molar-refractivity contribution is -0.126. The van der Waals surface area contributed by atoms with E-state index in [1.807, 2.05) is 18.2 Å². The third-order valence-corrected chi connectivity index (χ3v) is 6.71. The van der Waals surface area contributed by atoms with Crippen molar-refractivity contribution < 1.29 is 14.0 Å². The van der Waals surface area contributed by atoms with Gasteiger partial charge >= 0.3 is 0 Å². The molecule has 3 aromatic carbocycles. The first-order valence-corrected chi connectivity index (χ1v) is 11.8. The van der Waals surface area contributed by atoms with E-state index in [0.29, 0.717) is 17.8 Å². The second-order valence-electron chi connectivity index (χ2n) is 9.09. The van der Waals surface area contributed by atoms with Crippen LogP contribution in [0.4, 0.5) is 10.1 Å². The number of hydrogen-bond donors (Lipinski definition) is 2. The van der Waals surface area contributed by atoms with Crippen LogP contribution in [0.1, 0.15) is 41.9 Å². The third kappa shape index (κ3) is 4.87. The maximum Gasteiger partial charge on any atom is 0.228 e. The molecular weight excluding hydrogens is 429 g/mol. The Morgan fingerprint density at radius 1 is 1.03 bits per heavy atom. The summed E-state index contributed by atoms with van der Waals surface area (Å²) in [6.45, 7) is 3.68. The smallest absolute Gasteiger partial charge is 0.228 e. The van der Waals surface area contributed by atoms with Crippen molar-refractivity contribution in [2.45, 2.75) is 38.3 Å². The minimum Gasteiger partial charge on any atom is -0.351 e. The van der Waals surface area contributed by atoms with Crippen LogP contribution in [0.15, 0.2) is 66.7 Å². The molecule has 0 bridgehead atoms. The van der Waals surface area contributed by atoms with E-state index in [1.165, 1.54) is 43.6 Å². The number of nitrogens with zero attached hydrogens (tertiary/aromatic N) is 1. The number of nitrogens with one attached hydrogen (secondary N) is 2. The van der Waals surface area contributed by atoms with Crippen molar-refractivity contribution in [3.05, 3.63) is 89.2 Å². The SMILES string of the molecule is O=C1CC(C(=O)NCc2ccccc2-c2ccc(CN3CCCC3)cc2)c2ccc(F)cc2N1. The number of halogens is 1. The normalized spacial score (nSPS) is 17.8. The largest absolute Gasteiger partial charge is 0.351 e. The van der Waals surface area contributed by atoms with E-state index >= 15 is 0 Å². The lowest BCUT2D eigenvalue weighted by atomic mass is 9.89. The molecule has 2 heterocycles. The molecule has 174 valence electrons. The van der Waals surface area contributed by atoms with Crippen LogP contribution in [0.25, 0.3) is 11.1 Å². The number of benzene rings is 3. The fourth-order valence-corrected chi connectivity index (χ4v) is 4.92. The average molecular weight is 458 g/mol. The number of likely N-dealkylation sites (tertiary alicyclic amines) is 1. The second kappa shape index (κ2) is 9.77. The van der Waals surface area contributed by atoms with Crippen LogP contribution in [-0.4, -0.2) is 29.8 Å². The summed E-state index contributed by atoms with van der Waals surface area (Å²) in [7, 11) is 0. The maximum absolute atomic E-state index is 13.6. The molecule has 0 aliphatic carbocycles. The first-order valence-electron chi connectivity index (χ1n) is 11.8. The van der Waals surface area contributed by atoms with E-state index in [2.05, 4.69) is 45.9 Å². The molecule has 2 N–H and O–H groups in total. The number of rotatable bonds is 6. The first kappa shape index (κ1) is 22.3. The highest BCUT2D eigenvalue weighted by atomic mass is 19.1. The Kier molecular flexibility index (Phi) is 6.41. The predicted molar refractivity (Wildman–Crippen MR) is 131 cm³/mol. The third-order valence-electron chi connectivity index (χ3n) is 6.71. The van der Waals surface area contributed by atoms with Crippen molar-refractivity contribution in [3.63, 3.8) is 0 Å².